The van der Waals surface area contributed by atoms with Gasteiger partial charge in [-0.2, -0.15) is 0 Å². The van der Waals surface area contributed by atoms with E-state index >= 15 is 0 Å². The molecule has 0 aromatic heterocycles. The van der Waals surface area contributed by atoms with Crippen LogP contribution in [-0.2, 0) is 4.79 Å². The van der Waals surface area contributed by atoms with Gasteiger partial charge in [0.25, 0.3) is 0 Å². The van der Waals surface area contributed by atoms with Gasteiger partial charge in [0.2, 0.25) is 5.91 Å². The molecule has 1 unspecified atom stereocenters. The molecule has 0 spiro atoms. The third-order valence-electron chi connectivity index (χ3n) is 3.24. The van der Waals surface area contributed by atoms with Gasteiger partial charge in [-0.15, -0.1) is 0 Å². The number of amides is 3. The standard InChI is InChI=1S/C12H23N3O2/c1-4-13-11(17)14-10(16)9(2)15-12(3)7-5-6-8-12/h9,15H,4-8H2,1-3H3,(H2,13,14,16,17). The molecule has 3 N–H and O–H groups in total. The van der Waals surface area contributed by atoms with E-state index in [2.05, 4.69) is 22.9 Å². The van der Waals surface area contributed by atoms with Crippen molar-refractivity contribution in [3.05, 3.63) is 0 Å². The Morgan fingerprint density at radius 2 is 1.88 bits per heavy atom. The molecule has 5 heteroatoms. The first kappa shape index (κ1) is 14.0. The number of rotatable bonds is 4. The molecule has 0 aromatic carbocycles. The molecule has 1 saturated carbocycles. The summed E-state index contributed by atoms with van der Waals surface area (Å²) in [5.41, 5.74) is 0.0397. The van der Waals surface area contributed by atoms with Crippen molar-refractivity contribution in [3.63, 3.8) is 0 Å². The van der Waals surface area contributed by atoms with E-state index in [4.69, 9.17) is 0 Å². The van der Waals surface area contributed by atoms with E-state index in [1.807, 2.05) is 6.92 Å². The van der Waals surface area contributed by atoms with Crippen LogP contribution in [0, 0.1) is 0 Å². The summed E-state index contributed by atoms with van der Waals surface area (Å²) in [5.74, 6) is -0.274. The van der Waals surface area contributed by atoms with E-state index in [0.29, 0.717) is 6.54 Å². The Bertz CT molecular complexity index is 285. The SMILES string of the molecule is CCNC(=O)NC(=O)C(C)NC1(C)CCCC1. The van der Waals surface area contributed by atoms with Crippen LogP contribution in [0.4, 0.5) is 4.79 Å². The molecular formula is C12H23N3O2. The van der Waals surface area contributed by atoms with Crippen molar-refractivity contribution in [1.82, 2.24) is 16.0 Å². The Balaban J connectivity index is 2.38. The van der Waals surface area contributed by atoms with Crippen molar-refractivity contribution in [3.8, 4) is 0 Å². The van der Waals surface area contributed by atoms with Crippen LogP contribution in [0.2, 0.25) is 0 Å². The van der Waals surface area contributed by atoms with Crippen molar-refractivity contribution in [2.24, 2.45) is 0 Å². The van der Waals surface area contributed by atoms with Gasteiger partial charge in [-0.3, -0.25) is 10.1 Å². The van der Waals surface area contributed by atoms with Crippen LogP contribution in [0.3, 0.4) is 0 Å². The fourth-order valence-electron chi connectivity index (χ4n) is 2.31. The van der Waals surface area contributed by atoms with E-state index in [1.165, 1.54) is 12.8 Å². The average molecular weight is 241 g/mol. The third-order valence-corrected chi connectivity index (χ3v) is 3.24. The summed E-state index contributed by atoms with van der Waals surface area (Å²) in [6.45, 7) is 6.25. The molecule has 0 radical (unpaired) electrons. The number of imide groups is 1. The maximum Gasteiger partial charge on any atom is 0.321 e. The molecule has 3 amide bonds. The molecule has 1 atom stereocenters. The van der Waals surface area contributed by atoms with Gasteiger partial charge < -0.3 is 10.6 Å². The zero-order valence-corrected chi connectivity index (χ0v) is 10.9. The number of nitrogens with one attached hydrogen (secondary N) is 3. The van der Waals surface area contributed by atoms with E-state index in [9.17, 15) is 9.59 Å². The van der Waals surface area contributed by atoms with Crippen molar-refractivity contribution in [1.29, 1.82) is 0 Å². The smallest absolute Gasteiger partial charge is 0.321 e. The van der Waals surface area contributed by atoms with Crippen LogP contribution >= 0.6 is 0 Å². The fraction of sp³-hybridized carbons (Fsp3) is 0.833. The predicted octanol–water partition coefficient (Wildman–Crippen LogP) is 1.14. The number of carbonyl (C=O) groups excluding carboxylic acids is 2. The second-order valence-corrected chi connectivity index (χ2v) is 4.98. The molecule has 0 heterocycles. The van der Waals surface area contributed by atoms with Crippen LogP contribution in [0.15, 0.2) is 0 Å². The Morgan fingerprint density at radius 1 is 1.29 bits per heavy atom. The highest BCUT2D eigenvalue weighted by molar-refractivity contribution is 5.96. The zero-order valence-electron chi connectivity index (χ0n) is 10.9. The molecule has 1 aliphatic rings. The molecule has 98 valence electrons. The van der Waals surface area contributed by atoms with Crippen LogP contribution in [0.25, 0.3) is 0 Å². The number of hydrogen-bond donors (Lipinski definition) is 3. The summed E-state index contributed by atoms with van der Waals surface area (Å²) in [6.07, 6.45) is 4.58. The first-order chi connectivity index (χ1) is 7.97. The molecule has 0 bridgehead atoms. The zero-order chi connectivity index (χ0) is 12.9. The summed E-state index contributed by atoms with van der Waals surface area (Å²) >= 11 is 0. The number of hydrogen-bond acceptors (Lipinski definition) is 3. The van der Waals surface area contributed by atoms with Gasteiger partial charge in [-0.1, -0.05) is 12.8 Å². The second-order valence-electron chi connectivity index (χ2n) is 4.98. The maximum absolute atomic E-state index is 11.7. The van der Waals surface area contributed by atoms with Crippen LogP contribution < -0.4 is 16.0 Å². The lowest BCUT2D eigenvalue weighted by atomic mass is 9.99. The second kappa shape index (κ2) is 6.00. The molecule has 0 saturated heterocycles. The van der Waals surface area contributed by atoms with Crippen LogP contribution in [0.1, 0.15) is 46.5 Å². The van der Waals surface area contributed by atoms with Crippen molar-refractivity contribution >= 4 is 11.9 Å². The monoisotopic (exact) mass is 241 g/mol. The first-order valence-corrected chi connectivity index (χ1v) is 6.33. The lowest BCUT2D eigenvalue weighted by Crippen LogP contribution is -2.53. The van der Waals surface area contributed by atoms with Gasteiger partial charge in [0.05, 0.1) is 6.04 Å². The highest BCUT2D eigenvalue weighted by atomic mass is 16.2. The normalized spacial score (nSPS) is 19.7. The van der Waals surface area contributed by atoms with Gasteiger partial charge in [0.15, 0.2) is 0 Å². The van der Waals surface area contributed by atoms with Crippen molar-refractivity contribution < 1.29 is 9.59 Å². The molecule has 0 aliphatic heterocycles. The first-order valence-electron chi connectivity index (χ1n) is 6.33. The minimum atomic E-state index is -0.428. The molecule has 17 heavy (non-hydrogen) atoms. The summed E-state index contributed by atoms with van der Waals surface area (Å²) in [7, 11) is 0. The van der Waals surface area contributed by atoms with Crippen molar-refractivity contribution in [2.45, 2.75) is 58.0 Å². The molecule has 1 aliphatic carbocycles. The minimum absolute atomic E-state index is 0.0397. The maximum atomic E-state index is 11.7. The van der Waals surface area contributed by atoms with Gasteiger partial charge in [-0.25, -0.2) is 4.79 Å². The fourth-order valence-corrected chi connectivity index (χ4v) is 2.31. The summed E-state index contributed by atoms with van der Waals surface area (Å²) < 4.78 is 0. The summed E-state index contributed by atoms with van der Waals surface area (Å²) in [5, 5.41) is 8.17. The van der Waals surface area contributed by atoms with E-state index < -0.39 is 6.03 Å². The molecule has 5 nitrogen and oxygen atoms in total. The highest BCUT2D eigenvalue weighted by Crippen LogP contribution is 2.29. The predicted molar refractivity (Wildman–Crippen MR) is 66.7 cm³/mol. The van der Waals surface area contributed by atoms with Crippen LogP contribution in [0.5, 0.6) is 0 Å². The Morgan fingerprint density at radius 3 is 2.41 bits per heavy atom. The number of urea groups is 1. The van der Waals surface area contributed by atoms with Gasteiger partial charge in [0.1, 0.15) is 0 Å². The summed E-state index contributed by atoms with van der Waals surface area (Å²) in [6, 6.07) is -0.775. The van der Waals surface area contributed by atoms with Crippen LogP contribution in [-0.4, -0.2) is 30.1 Å². The Kier molecular flexibility index (Phi) is 4.93. The lowest BCUT2D eigenvalue weighted by molar-refractivity contribution is -0.122. The summed E-state index contributed by atoms with van der Waals surface area (Å²) in [4.78, 5) is 22.9. The molecule has 1 fully saturated rings. The Hall–Kier alpha value is -1.10. The quantitative estimate of drug-likeness (QED) is 0.691. The van der Waals surface area contributed by atoms with Gasteiger partial charge >= 0.3 is 6.03 Å². The highest BCUT2D eigenvalue weighted by Gasteiger charge is 2.31. The van der Waals surface area contributed by atoms with E-state index in [1.54, 1.807) is 6.92 Å². The third kappa shape index (κ3) is 4.34. The molecular weight excluding hydrogens is 218 g/mol. The van der Waals surface area contributed by atoms with Crippen molar-refractivity contribution in [2.75, 3.05) is 6.54 Å². The Labute approximate surface area is 103 Å². The topological polar surface area (TPSA) is 70.2 Å². The molecule has 1 rings (SSSR count). The largest absolute Gasteiger partial charge is 0.338 e. The number of carbonyl (C=O) groups is 2. The molecule has 0 aromatic rings. The average Bonchev–Trinajstić information content (AvgIpc) is 2.65. The minimum Gasteiger partial charge on any atom is -0.338 e. The van der Waals surface area contributed by atoms with E-state index in [0.717, 1.165) is 12.8 Å². The van der Waals surface area contributed by atoms with Gasteiger partial charge in [-0.05, 0) is 33.6 Å². The lowest BCUT2D eigenvalue weighted by Gasteiger charge is -2.29. The van der Waals surface area contributed by atoms with Gasteiger partial charge in [0, 0.05) is 12.1 Å². The van der Waals surface area contributed by atoms with E-state index in [-0.39, 0.29) is 17.5 Å².